The Morgan fingerprint density at radius 1 is 0.837 bits per heavy atom. The Hall–Kier alpha value is -1.40. The summed E-state index contributed by atoms with van der Waals surface area (Å²) in [6.45, 7) is 13.9. The summed E-state index contributed by atoms with van der Waals surface area (Å²) in [5, 5.41) is 3.00. The Kier molecular flexibility index (Phi) is 20.2. The van der Waals surface area contributed by atoms with Gasteiger partial charge in [0.25, 0.3) is 0 Å². The number of nitrogens with zero attached hydrogens (tertiary/aromatic N) is 3. The minimum absolute atomic E-state index is 0.115. The summed E-state index contributed by atoms with van der Waals surface area (Å²) >= 11 is -2.55. The van der Waals surface area contributed by atoms with Gasteiger partial charge in [-0.15, -0.1) is 0 Å². The molecule has 0 unspecified atom stereocenters. The quantitative estimate of drug-likeness (QED) is 0.0983. The maximum atomic E-state index is 12.9. The molecule has 10 heteroatoms. The van der Waals surface area contributed by atoms with Gasteiger partial charge in [0.2, 0.25) is 0 Å². The van der Waals surface area contributed by atoms with Gasteiger partial charge in [0.05, 0.1) is 39.6 Å². The fourth-order valence-electron chi connectivity index (χ4n) is 5.44. The Morgan fingerprint density at radius 2 is 1.44 bits per heavy atom. The number of ether oxygens (including phenoxy) is 3. The van der Waals surface area contributed by atoms with Crippen molar-refractivity contribution >= 4 is 38.9 Å². The second-order valence-electron chi connectivity index (χ2n) is 11.3. The molecule has 8 nitrogen and oxygen atoms in total. The fraction of sp³-hybridized carbons (Fsp3) is 0.727. The van der Waals surface area contributed by atoms with Crippen molar-refractivity contribution in [1.82, 2.24) is 20.2 Å². The number of aromatic nitrogens is 2. The molecule has 0 aliphatic carbocycles. The molecule has 0 aliphatic rings. The van der Waals surface area contributed by atoms with Crippen molar-refractivity contribution in [2.24, 2.45) is 0 Å². The molecule has 43 heavy (non-hydrogen) atoms. The number of halogens is 1. The molecule has 0 radical (unpaired) electrons. The van der Waals surface area contributed by atoms with Gasteiger partial charge in [0.1, 0.15) is 6.67 Å². The van der Waals surface area contributed by atoms with Crippen LogP contribution in [0.2, 0.25) is 13.3 Å². The molecule has 0 atom stereocenters. The van der Waals surface area contributed by atoms with Crippen LogP contribution in [-0.4, -0.2) is 112 Å². The molecule has 1 amide bonds. The monoisotopic (exact) mass is 712 g/mol. The van der Waals surface area contributed by atoms with Gasteiger partial charge in [-0.05, 0) is 0 Å². The van der Waals surface area contributed by atoms with Crippen LogP contribution < -0.4 is 8.90 Å². The van der Waals surface area contributed by atoms with Crippen LogP contribution in [0, 0.1) is 0 Å². The summed E-state index contributed by atoms with van der Waals surface area (Å²) in [6, 6.07) is 6.75. The molecule has 0 spiro atoms. The number of nitrogens with one attached hydrogen (secondary N) is 1. The third-order valence-electron chi connectivity index (χ3n) is 8.09. The predicted octanol–water partition coefficient (Wildman–Crippen LogP) is 5.76. The Bertz CT molecular complexity index is 1010. The van der Waals surface area contributed by atoms with Crippen molar-refractivity contribution in [3.8, 4) is 0 Å². The van der Waals surface area contributed by atoms with Crippen LogP contribution in [0.1, 0.15) is 76.7 Å². The van der Waals surface area contributed by atoms with E-state index in [1.54, 1.807) is 9.78 Å². The van der Waals surface area contributed by atoms with E-state index < -0.39 is 25.1 Å². The number of rotatable bonds is 26. The average Bonchev–Trinajstić information content (AvgIpc) is 3.04. The van der Waals surface area contributed by atoms with Gasteiger partial charge in [-0.1, -0.05) is 6.92 Å². The molecular weight excluding hydrogens is 654 g/mol. The zero-order chi connectivity index (χ0) is 31.2. The first-order valence-corrected chi connectivity index (χ1v) is 24.1. The molecule has 0 bridgehead atoms. The van der Waals surface area contributed by atoms with E-state index in [-0.39, 0.29) is 12.5 Å². The van der Waals surface area contributed by atoms with Gasteiger partial charge in [0.15, 0.2) is 0 Å². The van der Waals surface area contributed by atoms with Gasteiger partial charge < -0.3 is 14.2 Å². The number of alkyl halides is 1. The molecular formula is C33H57FN4O4Sn. The number of fused-ring (bicyclic) bond motifs is 1. The van der Waals surface area contributed by atoms with E-state index in [9.17, 15) is 9.18 Å². The second-order valence-corrected chi connectivity index (χ2v) is 24.5. The van der Waals surface area contributed by atoms with Crippen molar-refractivity contribution in [2.75, 3.05) is 72.5 Å². The second kappa shape index (κ2) is 23.0. The third kappa shape index (κ3) is 14.1. The Balaban J connectivity index is 1.87. The van der Waals surface area contributed by atoms with Crippen LogP contribution in [0.25, 0.3) is 11.0 Å². The van der Waals surface area contributed by atoms with E-state index in [4.69, 9.17) is 19.2 Å². The molecule has 2 rings (SSSR count). The van der Waals surface area contributed by atoms with Crippen molar-refractivity contribution in [3.63, 3.8) is 0 Å². The van der Waals surface area contributed by atoms with Crippen LogP contribution in [0.3, 0.4) is 0 Å². The molecule has 0 fully saturated rings. The molecule has 1 aromatic heterocycles. The fourth-order valence-corrected chi connectivity index (χ4v) is 21.4. The number of likely N-dealkylation sites (N-methyl/N-ethyl adjacent to an activating group) is 1. The summed E-state index contributed by atoms with van der Waals surface area (Å²) < 4.78 is 33.9. The third-order valence-corrected chi connectivity index (χ3v) is 23.7. The van der Waals surface area contributed by atoms with Gasteiger partial charge in [-0.2, -0.15) is 0 Å². The first kappa shape index (κ1) is 37.8. The first-order valence-electron chi connectivity index (χ1n) is 16.6. The number of benzene rings is 1. The number of hydrogen-bond donors (Lipinski definition) is 1. The number of carbonyl (C=O) groups excluding carboxylic acids is 1. The molecule has 0 aliphatic heterocycles. The normalized spacial score (nSPS) is 12.0. The summed E-state index contributed by atoms with van der Waals surface area (Å²) in [5.74, 6) is -0.194. The van der Waals surface area contributed by atoms with E-state index >= 15 is 0 Å². The van der Waals surface area contributed by atoms with E-state index in [2.05, 4.69) is 61.1 Å². The zero-order valence-corrected chi connectivity index (χ0v) is 30.2. The van der Waals surface area contributed by atoms with E-state index in [1.807, 2.05) is 0 Å². The van der Waals surface area contributed by atoms with Crippen molar-refractivity contribution < 1.29 is 23.4 Å². The van der Waals surface area contributed by atoms with Gasteiger partial charge in [-0.3, -0.25) is 0 Å². The molecule has 0 saturated carbocycles. The molecule has 0 saturated heterocycles. The molecule has 1 N–H and O–H groups in total. The van der Waals surface area contributed by atoms with E-state index in [1.165, 1.54) is 51.8 Å². The Labute approximate surface area is 263 Å². The van der Waals surface area contributed by atoms with Crippen LogP contribution in [0.4, 0.5) is 4.39 Å². The summed E-state index contributed by atoms with van der Waals surface area (Å²) in [4.78, 5) is 24.5. The van der Waals surface area contributed by atoms with Crippen LogP contribution in [0.5, 0.6) is 0 Å². The maximum absolute atomic E-state index is 12.9. The SMILES string of the molecule is CCC[CH2][Sn]([CH2]CCC)([CH2]CCC)[c]1ccc2nc(C(=O)NCCN(CC)CCOCCOCCOCCF)cnc2c1. The van der Waals surface area contributed by atoms with E-state index in [0.29, 0.717) is 45.3 Å². The molecule has 1 aromatic carbocycles. The van der Waals surface area contributed by atoms with Crippen molar-refractivity contribution in [3.05, 3.63) is 30.1 Å². The zero-order valence-electron chi connectivity index (χ0n) is 27.3. The van der Waals surface area contributed by atoms with Gasteiger partial charge in [0, 0.05) is 0 Å². The van der Waals surface area contributed by atoms with Crippen LogP contribution in [-0.2, 0) is 14.2 Å². The minimum atomic E-state index is -2.55. The molecule has 1 heterocycles. The van der Waals surface area contributed by atoms with Crippen molar-refractivity contribution in [1.29, 1.82) is 0 Å². The summed E-state index contributed by atoms with van der Waals surface area (Å²) in [6.07, 6.45) is 9.36. The van der Waals surface area contributed by atoms with Gasteiger partial charge in [-0.25, -0.2) is 4.39 Å². The molecule has 2 aromatic rings. The summed E-state index contributed by atoms with van der Waals surface area (Å²) in [7, 11) is 0. The van der Waals surface area contributed by atoms with E-state index in [0.717, 1.165) is 30.7 Å². The number of unbranched alkanes of at least 4 members (excludes halogenated alkanes) is 3. The van der Waals surface area contributed by atoms with Crippen LogP contribution >= 0.6 is 0 Å². The number of hydrogen-bond acceptors (Lipinski definition) is 7. The first-order chi connectivity index (χ1) is 21.0. The van der Waals surface area contributed by atoms with Crippen LogP contribution in [0.15, 0.2) is 24.4 Å². The van der Waals surface area contributed by atoms with Crippen molar-refractivity contribution in [2.45, 2.75) is 79.5 Å². The standard InChI is InChI=1S/C21H30FN4O4.3C4H9.Sn/c1-2-26(10-12-29-14-16-30-15-13-28-11-7-22)9-8-23-21(27)20-17-24-18-5-3-4-6-19(18)25-20;3*1-3-4-2;/h4-6,17H,2,7-16H2,1H3,(H,23,27);3*1,3-4H2,2H3;. The Morgan fingerprint density at radius 3 is 2.02 bits per heavy atom. The predicted molar refractivity (Wildman–Crippen MR) is 177 cm³/mol. The van der Waals surface area contributed by atoms with Gasteiger partial charge >= 0.3 is 193 Å². The average molecular weight is 712 g/mol. The number of amides is 1. The molecule has 244 valence electrons. The topological polar surface area (TPSA) is 85.8 Å². The summed E-state index contributed by atoms with van der Waals surface area (Å²) in [5.41, 5.74) is 2.06. The number of carbonyl (C=O) groups is 1.